The number of rotatable bonds is 4. The van der Waals surface area contributed by atoms with E-state index in [-0.39, 0.29) is 11.8 Å². The Hall–Kier alpha value is -3.28. The van der Waals surface area contributed by atoms with Crippen LogP contribution in [0.3, 0.4) is 0 Å². The van der Waals surface area contributed by atoms with Crippen molar-refractivity contribution in [1.29, 1.82) is 0 Å². The summed E-state index contributed by atoms with van der Waals surface area (Å²) in [6.45, 7) is 3.96. The molecule has 0 spiro atoms. The molecule has 0 atom stereocenters. The Kier molecular flexibility index (Phi) is 6.32. The number of carbonyl (C=O) groups excluding carboxylic acids is 2. The molecule has 2 amide bonds. The lowest BCUT2D eigenvalue weighted by Gasteiger charge is -2.15. The van der Waals surface area contributed by atoms with Gasteiger partial charge in [-0.25, -0.2) is 10.9 Å². The summed E-state index contributed by atoms with van der Waals surface area (Å²) in [5.74, 6) is -0.422. The summed E-state index contributed by atoms with van der Waals surface area (Å²) in [7, 11) is 0. The fourth-order valence-electron chi connectivity index (χ4n) is 2.85. The molecule has 0 unspecified atom stereocenters. The van der Waals surface area contributed by atoms with E-state index in [1.54, 1.807) is 24.3 Å². The van der Waals surface area contributed by atoms with Crippen molar-refractivity contribution in [2.75, 3.05) is 0 Å². The molecule has 1 fully saturated rings. The maximum atomic E-state index is 12.1. The minimum atomic E-state index is -0.211. The van der Waals surface area contributed by atoms with Gasteiger partial charge in [-0.15, -0.1) is 0 Å². The molecule has 0 bridgehead atoms. The van der Waals surface area contributed by atoms with E-state index in [0.29, 0.717) is 36.8 Å². The van der Waals surface area contributed by atoms with E-state index in [1.165, 1.54) is 0 Å². The number of nitrogens with one attached hydrogen (secondary N) is 2. The minimum absolute atomic E-state index is 0.211. The summed E-state index contributed by atoms with van der Waals surface area (Å²) in [6.07, 6.45) is 2.86. The average Bonchev–Trinajstić information content (AvgIpc) is 2.72. The first-order chi connectivity index (χ1) is 13.5. The number of aryl methyl sites for hydroxylation is 2. The second-order valence-electron chi connectivity index (χ2n) is 6.97. The van der Waals surface area contributed by atoms with Crippen LogP contribution in [0.1, 0.15) is 57.5 Å². The molecule has 1 saturated carbocycles. The quantitative estimate of drug-likeness (QED) is 0.797. The topological polar surface area (TPSA) is 82.9 Å². The summed E-state index contributed by atoms with van der Waals surface area (Å²) >= 11 is 0. The summed E-state index contributed by atoms with van der Waals surface area (Å²) < 4.78 is 0. The van der Waals surface area contributed by atoms with Gasteiger partial charge in [0.25, 0.3) is 11.8 Å². The van der Waals surface area contributed by atoms with Gasteiger partial charge in [0, 0.05) is 22.6 Å². The third-order valence-corrected chi connectivity index (χ3v) is 4.66. The molecule has 0 aromatic heterocycles. The second kappa shape index (κ2) is 9.08. The number of benzene rings is 2. The molecule has 0 saturated heterocycles. The van der Waals surface area contributed by atoms with Gasteiger partial charge >= 0.3 is 0 Å². The van der Waals surface area contributed by atoms with E-state index in [4.69, 9.17) is 0 Å². The molecule has 6 nitrogen and oxygen atoms in total. The molecule has 0 radical (unpaired) electrons. The summed E-state index contributed by atoms with van der Waals surface area (Å²) in [5, 5.41) is 8.48. The highest BCUT2D eigenvalue weighted by molar-refractivity contribution is 6.01. The van der Waals surface area contributed by atoms with Crippen LogP contribution in [0.15, 0.2) is 58.7 Å². The van der Waals surface area contributed by atoms with Gasteiger partial charge in [0.2, 0.25) is 0 Å². The third kappa shape index (κ3) is 5.36. The molecule has 144 valence electrons. The van der Waals surface area contributed by atoms with E-state index < -0.39 is 0 Å². The second-order valence-corrected chi connectivity index (χ2v) is 6.97. The molecule has 1 aliphatic carbocycles. The Bertz CT molecular complexity index is 823. The molecule has 28 heavy (non-hydrogen) atoms. The SMILES string of the molecule is Cc1ccc(C(=O)NN=C2CCC(=NNC(=O)c3ccc(C)cc3)CC2)cc1. The molecular formula is C22H24N4O2. The van der Waals surface area contributed by atoms with Crippen LogP contribution in [0.5, 0.6) is 0 Å². The molecule has 2 N–H and O–H groups in total. The minimum Gasteiger partial charge on any atom is -0.267 e. The van der Waals surface area contributed by atoms with E-state index >= 15 is 0 Å². The summed E-state index contributed by atoms with van der Waals surface area (Å²) in [4.78, 5) is 24.2. The highest BCUT2D eigenvalue weighted by atomic mass is 16.2. The van der Waals surface area contributed by atoms with Gasteiger partial charge in [-0.1, -0.05) is 35.4 Å². The van der Waals surface area contributed by atoms with Gasteiger partial charge in [-0.3, -0.25) is 9.59 Å². The van der Waals surface area contributed by atoms with Crippen molar-refractivity contribution in [3.8, 4) is 0 Å². The predicted octanol–water partition coefficient (Wildman–Crippen LogP) is 3.75. The Morgan fingerprint density at radius 3 is 1.29 bits per heavy atom. The lowest BCUT2D eigenvalue weighted by molar-refractivity contribution is 0.0946. The molecule has 3 rings (SSSR count). The van der Waals surface area contributed by atoms with Gasteiger partial charge in [0.1, 0.15) is 0 Å². The average molecular weight is 376 g/mol. The predicted molar refractivity (Wildman–Crippen MR) is 111 cm³/mol. The molecule has 2 aromatic rings. The molecule has 6 heteroatoms. The molecule has 2 aromatic carbocycles. The van der Waals surface area contributed by atoms with Crippen LogP contribution >= 0.6 is 0 Å². The van der Waals surface area contributed by atoms with Crippen molar-refractivity contribution in [1.82, 2.24) is 10.9 Å². The third-order valence-electron chi connectivity index (χ3n) is 4.66. The van der Waals surface area contributed by atoms with Gasteiger partial charge in [-0.2, -0.15) is 10.2 Å². The smallest absolute Gasteiger partial charge is 0.267 e. The van der Waals surface area contributed by atoms with Crippen molar-refractivity contribution in [2.24, 2.45) is 10.2 Å². The molecule has 0 aliphatic heterocycles. The van der Waals surface area contributed by atoms with E-state index in [2.05, 4.69) is 21.1 Å². The van der Waals surface area contributed by atoms with Crippen molar-refractivity contribution >= 4 is 23.2 Å². The van der Waals surface area contributed by atoms with Gasteiger partial charge < -0.3 is 0 Å². The maximum Gasteiger partial charge on any atom is 0.271 e. The largest absolute Gasteiger partial charge is 0.271 e. The summed E-state index contributed by atoms with van der Waals surface area (Å²) in [6, 6.07) is 14.7. The summed E-state index contributed by atoms with van der Waals surface area (Å²) in [5.41, 5.74) is 10.5. The Labute approximate surface area is 164 Å². The van der Waals surface area contributed by atoms with Gasteiger partial charge in [0.15, 0.2) is 0 Å². The monoisotopic (exact) mass is 376 g/mol. The zero-order chi connectivity index (χ0) is 19.9. The van der Waals surface area contributed by atoms with Crippen LogP contribution in [0.4, 0.5) is 0 Å². The standard InChI is InChI=1S/C22H24N4O2/c1-15-3-7-17(8-4-15)21(27)25-23-19-11-13-20(14-12-19)24-26-22(28)18-9-5-16(2)6-10-18/h3-10H,11-14H2,1-2H3,(H,25,27)(H,26,28). The molecule has 1 aliphatic rings. The number of hydrogen-bond donors (Lipinski definition) is 2. The van der Waals surface area contributed by atoms with E-state index in [9.17, 15) is 9.59 Å². The van der Waals surface area contributed by atoms with Crippen molar-refractivity contribution in [2.45, 2.75) is 39.5 Å². The lowest BCUT2D eigenvalue weighted by atomic mass is 9.97. The Morgan fingerprint density at radius 1 is 0.643 bits per heavy atom. The fraction of sp³-hybridized carbons (Fsp3) is 0.273. The number of hydrazone groups is 2. The number of nitrogens with zero attached hydrogens (tertiary/aromatic N) is 2. The lowest BCUT2D eigenvalue weighted by Crippen LogP contribution is -2.24. The van der Waals surface area contributed by atoms with Crippen molar-refractivity contribution < 1.29 is 9.59 Å². The van der Waals surface area contributed by atoms with Crippen LogP contribution in [-0.4, -0.2) is 23.2 Å². The van der Waals surface area contributed by atoms with Gasteiger partial charge in [-0.05, 0) is 63.8 Å². The van der Waals surface area contributed by atoms with Crippen LogP contribution in [0, 0.1) is 13.8 Å². The van der Waals surface area contributed by atoms with Crippen LogP contribution < -0.4 is 10.9 Å². The maximum absolute atomic E-state index is 12.1. The van der Waals surface area contributed by atoms with Crippen LogP contribution in [0.2, 0.25) is 0 Å². The van der Waals surface area contributed by atoms with E-state index in [1.807, 2.05) is 38.1 Å². The zero-order valence-electron chi connectivity index (χ0n) is 16.2. The van der Waals surface area contributed by atoms with Crippen molar-refractivity contribution in [3.63, 3.8) is 0 Å². The van der Waals surface area contributed by atoms with Crippen molar-refractivity contribution in [3.05, 3.63) is 70.8 Å². The zero-order valence-corrected chi connectivity index (χ0v) is 16.2. The Balaban J connectivity index is 1.48. The number of amides is 2. The molecular weight excluding hydrogens is 352 g/mol. The highest BCUT2D eigenvalue weighted by Crippen LogP contribution is 2.13. The highest BCUT2D eigenvalue weighted by Gasteiger charge is 2.14. The van der Waals surface area contributed by atoms with Gasteiger partial charge in [0.05, 0.1) is 0 Å². The van der Waals surface area contributed by atoms with E-state index in [0.717, 1.165) is 22.6 Å². The Morgan fingerprint density at radius 2 is 0.964 bits per heavy atom. The number of hydrogen-bond acceptors (Lipinski definition) is 4. The van der Waals surface area contributed by atoms with Crippen LogP contribution in [0.25, 0.3) is 0 Å². The van der Waals surface area contributed by atoms with Crippen LogP contribution in [-0.2, 0) is 0 Å². The first-order valence-corrected chi connectivity index (χ1v) is 9.36. The normalized spacial score (nSPS) is 13.6. The first-order valence-electron chi connectivity index (χ1n) is 9.36. The molecule has 0 heterocycles. The number of carbonyl (C=O) groups is 2. The fourth-order valence-corrected chi connectivity index (χ4v) is 2.85. The first kappa shape index (κ1) is 19.5.